The molecule has 0 bridgehead atoms. The van der Waals surface area contributed by atoms with Crippen molar-refractivity contribution in [2.75, 3.05) is 18.9 Å². The molecule has 2 aromatic carbocycles. The number of carbonyl (C=O) groups is 3. The quantitative estimate of drug-likeness (QED) is 0.416. The highest BCUT2D eigenvalue weighted by atomic mass is 32.2. The Labute approximate surface area is 191 Å². The van der Waals surface area contributed by atoms with Gasteiger partial charge in [0.25, 0.3) is 15.9 Å². The molecule has 0 aromatic heterocycles. The van der Waals surface area contributed by atoms with E-state index in [1.807, 2.05) is 4.72 Å². The molecule has 0 heterocycles. The average molecular weight is 506 g/mol. The first-order chi connectivity index (χ1) is 15.8. The number of ether oxygens (including phenoxy) is 2. The number of benzene rings is 2. The second kappa shape index (κ2) is 10.5. The summed E-state index contributed by atoms with van der Waals surface area (Å²) in [7, 11) is -2.62. The third-order valence-electron chi connectivity index (χ3n) is 4.33. The van der Waals surface area contributed by atoms with Gasteiger partial charge in [-0.1, -0.05) is 12.1 Å². The Morgan fingerprint density at radius 1 is 1.03 bits per heavy atom. The van der Waals surface area contributed by atoms with Crippen molar-refractivity contribution in [3.8, 4) is 0 Å². The fraction of sp³-hybridized carbons (Fsp3) is 0.250. The zero-order chi connectivity index (χ0) is 25.7. The van der Waals surface area contributed by atoms with E-state index in [9.17, 15) is 40.4 Å². The molecule has 14 heteroatoms. The summed E-state index contributed by atoms with van der Waals surface area (Å²) in [6.45, 7) is 0. The lowest BCUT2D eigenvalue weighted by molar-refractivity contribution is -0.149. The minimum absolute atomic E-state index is 0.263. The first-order valence-corrected chi connectivity index (χ1v) is 10.7. The fourth-order valence-electron chi connectivity index (χ4n) is 2.73. The molecular formula is C20H18F4N2O7S. The molecule has 0 fully saturated rings. The van der Waals surface area contributed by atoms with Crippen LogP contribution in [0.1, 0.15) is 22.3 Å². The van der Waals surface area contributed by atoms with E-state index in [1.54, 1.807) is 0 Å². The highest BCUT2D eigenvalue weighted by Crippen LogP contribution is 2.33. The van der Waals surface area contributed by atoms with E-state index < -0.39 is 74.0 Å². The van der Waals surface area contributed by atoms with Gasteiger partial charge < -0.3 is 14.8 Å². The number of hydrogen-bond donors (Lipinski definition) is 2. The van der Waals surface area contributed by atoms with Gasteiger partial charge in [-0.15, -0.1) is 0 Å². The molecule has 1 unspecified atom stereocenters. The number of carbonyl (C=O) groups excluding carboxylic acids is 3. The largest absolute Gasteiger partial charge is 0.469 e. The van der Waals surface area contributed by atoms with Gasteiger partial charge in [-0.25, -0.2) is 17.6 Å². The lowest BCUT2D eigenvalue weighted by Crippen LogP contribution is -2.43. The Morgan fingerprint density at radius 2 is 1.68 bits per heavy atom. The maximum atomic E-state index is 13.5. The van der Waals surface area contributed by atoms with Crippen molar-refractivity contribution >= 4 is 33.6 Å². The number of hydrogen-bond acceptors (Lipinski definition) is 7. The predicted octanol–water partition coefficient (Wildman–Crippen LogP) is 2.48. The molecule has 2 aromatic rings. The molecule has 0 radical (unpaired) electrons. The summed E-state index contributed by atoms with van der Waals surface area (Å²) in [5.74, 6) is -4.58. The van der Waals surface area contributed by atoms with E-state index in [1.165, 1.54) is 12.1 Å². The monoisotopic (exact) mass is 506 g/mol. The highest BCUT2D eigenvalue weighted by Gasteiger charge is 2.35. The number of nitrogens with one attached hydrogen (secondary N) is 2. The number of amides is 1. The molecule has 184 valence electrons. The number of rotatable bonds is 8. The van der Waals surface area contributed by atoms with Gasteiger partial charge in [0.05, 0.1) is 31.8 Å². The summed E-state index contributed by atoms with van der Waals surface area (Å²) >= 11 is 0. The minimum atomic E-state index is -5.08. The molecule has 0 aliphatic carbocycles. The van der Waals surface area contributed by atoms with Gasteiger partial charge in [-0.2, -0.15) is 13.2 Å². The normalized spacial score (nSPS) is 12.4. The van der Waals surface area contributed by atoms with Crippen LogP contribution < -0.4 is 10.0 Å². The van der Waals surface area contributed by atoms with Crippen LogP contribution in [0.2, 0.25) is 0 Å². The summed E-state index contributed by atoms with van der Waals surface area (Å²) in [4.78, 5) is 35.5. The van der Waals surface area contributed by atoms with Gasteiger partial charge in [0.15, 0.2) is 0 Å². The zero-order valence-corrected chi connectivity index (χ0v) is 18.4. The predicted molar refractivity (Wildman–Crippen MR) is 109 cm³/mol. The van der Waals surface area contributed by atoms with Crippen LogP contribution in [0.25, 0.3) is 0 Å². The van der Waals surface area contributed by atoms with Crippen LogP contribution in [0.4, 0.5) is 23.2 Å². The lowest BCUT2D eigenvalue weighted by atomic mass is 10.1. The van der Waals surface area contributed by atoms with Crippen LogP contribution in [0.5, 0.6) is 0 Å². The Kier molecular flexibility index (Phi) is 8.21. The van der Waals surface area contributed by atoms with Crippen molar-refractivity contribution in [1.82, 2.24) is 5.32 Å². The van der Waals surface area contributed by atoms with Crippen molar-refractivity contribution in [3.05, 3.63) is 59.4 Å². The first kappa shape index (κ1) is 26.6. The summed E-state index contributed by atoms with van der Waals surface area (Å²) in [5.41, 5.74) is -2.79. The van der Waals surface area contributed by atoms with E-state index in [4.69, 9.17) is 0 Å². The van der Waals surface area contributed by atoms with Crippen LogP contribution in [-0.4, -0.2) is 46.5 Å². The molecule has 1 atom stereocenters. The van der Waals surface area contributed by atoms with Crippen molar-refractivity contribution in [2.24, 2.45) is 0 Å². The second-order valence-electron chi connectivity index (χ2n) is 6.62. The van der Waals surface area contributed by atoms with Gasteiger partial charge in [-0.05, 0) is 30.3 Å². The summed E-state index contributed by atoms with van der Waals surface area (Å²) in [6, 6.07) is 4.55. The van der Waals surface area contributed by atoms with Crippen molar-refractivity contribution in [2.45, 2.75) is 23.5 Å². The summed E-state index contributed by atoms with van der Waals surface area (Å²) in [5, 5.41) is 2.16. The summed E-state index contributed by atoms with van der Waals surface area (Å²) in [6.07, 6.45) is -5.69. The van der Waals surface area contributed by atoms with E-state index in [0.29, 0.717) is 6.07 Å². The number of methoxy groups -OCH3 is 2. The maximum absolute atomic E-state index is 13.5. The van der Waals surface area contributed by atoms with Gasteiger partial charge in [0.1, 0.15) is 16.8 Å². The van der Waals surface area contributed by atoms with E-state index >= 15 is 0 Å². The maximum Gasteiger partial charge on any atom is 0.419 e. The molecular weight excluding hydrogens is 488 g/mol. The highest BCUT2D eigenvalue weighted by molar-refractivity contribution is 7.92. The molecule has 0 aliphatic heterocycles. The Bertz CT molecular complexity index is 1200. The van der Waals surface area contributed by atoms with Crippen LogP contribution >= 0.6 is 0 Å². The van der Waals surface area contributed by atoms with Crippen molar-refractivity contribution in [3.63, 3.8) is 0 Å². The van der Waals surface area contributed by atoms with Crippen molar-refractivity contribution < 1.29 is 49.8 Å². The molecule has 2 N–H and O–H groups in total. The number of esters is 2. The van der Waals surface area contributed by atoms with Crippen LogP contribution in [-0.2, 0) is 35.3 Å². The topological polar surface area (TPSA) is 128 Å². The van der Waals surface area contributed by atoms with Crippen LogP contribution in [0.15, 0.2) is 47.4 Å². The Morgan fingerprint density at radius 3 is 2.26 bits per heavy atom. The third kappa shape index (κ3) is 6.43. The van der Waals surface area contributed by atoms with Crippen molar-refractivity contribution in [1.29, 1.82) is 0 Å². The third-order valence-corrected chi connectivity index (χ3v) is 5.77. The fourth-order valence-corrected chi connectivity index (χ4v) is 3.98. The second-order valence-corrected chi connectivity index (χ2v) is 8.27. The lowest BCUT2D eigenvalue weighted by Gasteiger charge is -2.17. The molecule has 34 heavy (non-hydrogen) atoms. The smallest absolute Gasteiger partial charge is 0.419 e. The molecule has 0 saturated heterocycles. The number of anilines is 1. The SMILES string of the molecule is COC(=O)CC(NC(=O)c1ccccc1S(=O)(=O)Nc1ccc(F)c(C(F)(F)F)c1)C(=O)OC. The van der Waals surface area contributed by atoms with Crippen LogP contribution in [0.3, 0.4) is 0 Å². The summed E-state index contributed by atoms with van der Waals surface area (Å²) < 4.78 is 88.8. The molecule has 1 amide bonds. The molecule has 9 nitrogen and oxygen atoms in total. The van der Waals surface area contributed by atoms with Gasteiger partial charge >= 0.3 is 18.1 Å². The molecule has 0 saturated carbocycles. The number of halogens is 4. The Balaban J connectivity index is 2.39. The molecule has 0 spiro atoms. The van der Waals surface area contributed by atoms with E-state index in [-0.39, 0.29) is 6.07 Å². The van der Waals surface area contributed by atoms with E-state index in [2.05, 4.69) is 14.8 Å². The van der Waals surface area contributed by atoms with Crippen LogP contribution in [0, 0.1) is 5.82 Å². The minimum Gasteiger partial charge on any atom is -0.469 e. The standard InChI is InChI=1S/C20H18F4N2O7S/c1-32-17(27)10-15(19(29)33-2)25-18(28)12-5-3-4-6-16(12)34(30,31)26-11-7-8-14(21)13(9-11)20(22,23)24/h3-9,15,26H,10H2,1-2H3,(H,25,28). The van der Waals surface area contributed by atoms with Gasteiger partial charge in [-0.3, -0.25) is 14.3 Å². The molecule has 0 aliphatic rings. The average Bonchev–Trinajstić information content (AvgIpc) is 2.78. The van der Waals surface area contributed by atoms with Gasteiger partial charge in [0, 0.05) is 5.69 Å². The number of sulfonamides is 1. The van der Waals surface area contributed by atoms with E-state index in [0.717, 1.165) is 32.4 Å². The zero-order valence-electron chi connectivity index (χ0n) is 17.6. The Hall–Kier alpha value is -3.68. The van der Waals surface area contributed by atoms with Gasteiger partial charge in [0.2, 0.25) is 0 Å². The molecule has 2 rings (SSSR count). The number of alkyl halides is 3. The first-order valence-electron chi connectivity index (χ1n) is 9.24.